The van der Waals surface area contributed by atoms with Crippen LogP contribution in [-0.2, 0) is 0 Å². The summed E-state index contributed by atoms with van der Waals surface area (Å²) in [7, 11) is 0. The highest BCUT2D eigenvalue weighted by molar-refractivity contribution is 6.15. The molecular formula is C56H31N3O3. The van der Waals surface area contributed by atoms with E-state index >= 15 is 9.59 Å². The molecule has 288 valence electrons. The molecule has 9 aromatic carbocycles. The highest BCUT2D eigenvalue weighted by atomic mass is 16.3. The van der Waals surface area contributed by atoms with Gasteiger partial charge in [0.1, 0.15) is 11.2 Å². The molecule has 14 rings (SSSR count). The first-order valence-electron chi connectivity index (χ1n) is 20.8. The minimum atomic E-state index is -0.133. The smallest absolute Gasteiger partial charge is 0.197 e. The molecule has 0 saturated heterocycles. The van der Waals surface area contributed by atoms with Crippen LogP contribution in [0.1, 0.15) is 0 Å². The standard InChI is InChI=1S/C56H31N3O3/c60-54-42-30-33(57-46-19-6-1-12-36(46)37-13-2-7-20-47(37)57)24-26-50(42)59-51-27-25-34(58-48-21-8-3-14-38(48)39-15-4-9-22-49(39)58)31-43(51)55(61)45-29-32(28-44(54)53(45)59)35-17-11-18-41-40-16-5-10-23-52(40)62-56(35)41/h1-31H. The normalized spacial score (nSPS) is 12.3. The minimum absolute atomic E-state index is 0.133. The molecule has 62 heavy (non-hydrogen) atoms. The first kappa shape index (κ1) is 33.4. The van der Waals surface area contributed by atoms with E-state index in [0.29, 0.717) is 32.6 Å². The molecule has 0 fully saturated rings. The van der Waals surface area contributed by atoms with Crippen LogP contribution >= 0.6 is 0 Å². The number of nitrogens with zero attached hydrogens (tertiary/aromatic N) is 3. The number of benzene rings is 9. The van der Waals surface area contributed by atoms with Crippen LogP contribution in [0.5, 0.6) is 0 Å². The number of hydrogen-bond donors (Lipinski definition) is 0. The van der Waals surface area contributed by atoms with Crippen molar-refractivity contribution < 1.29 is 4.42 Å². The van der Waals surface area contributed by atoms with Gasteiger partial charge in [0.05, 0.1) is 38.6 Å². The van der Waals surface area contributed by atoms with E-state index in [9.17, 15) is 0 Å². The van der Waals surface area contributed by atoms with Gasteiger partial charge < -0.3 is 18.0 Å². The molecule has 0 N–H and O–H groups in total. The molecule has 0 aliphatic carbocycles. The lowest BCUT2D eigenvalue weighted by molar-refractivity contribution is 0.670. The van der Waals surface area contributed by atoms with Crippen molar-refractivity contribution in [3.8, 4) is 22.5 Å². The Bertz CT molecular complexity index is 4070. The van der Waals surface area contributed by atoms with E-state index < -0.39 is 0 Å². The molecule has 0 aliphatic rings. The monoisotopic (exact) mass is 793 g/mol. The molecule has 0 unspecified atom stereocenters. The summed E-state index contributed by atoms with van der Waals surface area (Å²) in [4.78, 5) is 30.6. The largest absolute Gasteiger partial charge is 0.455 e. The highest BCUT2D eigenvalue weighted by Crippen LogP contribution is 2.40. The molecule has 14 aromatic rings. The third-order valence-corrected chi connectivity index (χ3v) is 13.1. The number of rotatable bonds is 3. The first-order chi connectivity index (χ1) is 30.6. The molecule has 5 heterocycles. The van der Waals surface area contributed by atoms with Crippen LogP contribution in [0.25, 0.3) is 126 Å². The molecule has 6 heteroatoms. The molecule has 0 aliphatic heterocycles. The summed E-state index contributed by atoms with van der Waals surface area (Å²) >= 11 is 0. The fourth-order valence-electron chi connectivity index (χ4n) is 10.5. The van der Waals surface area contributed by atoms with E-state index in [1.165, 1.54) is 0 Å². The second-order valence-corrected chi connectivity index (χ2v) is 16.3. The summed E-state index contributed by atoms with van der Waals surface area (Å²) in [6, 6.07) is 63.9. The zero-order chi connectivity index (χ0) is 40.8. The van der Waals surface area contributed by atoms with Gasteiger partial charge in [-0.2, -0.15) is 0 Å². The van der Waals surface area contributed by atoms with Gasteiger partial charge in [0, 0.05) is 70.8 Å². The SMILES string of the molecule is O=c1c2cc(-n3c4ccccc4c4ccccc43)ccc2n2c3ccc(-n4c5ccccc5c5ccccc54)cc3c(=O)c3cc(-c4cccc5c4oc4ccccc45)cc1c32. The maximum atomic E-state index is 15.3. The van der Waals surface area contributed by atoms with Crippen molar-refractivity contribution in [2.75, 3.05) is 0 Å². The molecule has 5 aromatic heterocycles. The second kappa shape index (κ2) is 12.1. The molecule has 0 radical (unpaired) electrons. The Kier molecular flexibility index (Phi) is 6.49. The zero-order valence-corrected chi connectivity index (χ0v) is 33.0. The van der Waals surface area contributed by atoms with Crippen LogP contribution in [-0.4, -0.2) is 13.5 Å². The Labute approximate surface area is 351 Å². The van der Waals surface area contributed by atoms with Gasteiger partial charge in [-0.1, -0.05) is 109 Å². The Morgan fingerprint density at radius 3 is 1.27 bits per heavy atom. The Morgan fingerprint density at radius 2 is 0.774 bits per heavy atom. The van der Waals surface area contributed by atoms with E-state index in [0.717, 1.165) is 93.5 Å². The summed E-state index contributed by atoms with van der Waals surface area (Å²) in [6.45, 7) is 0. The quantitative estimate of drug-likeness (QED) is 0.132. The van der Waals surface area contributed by atoms with E-state index in [-0.39, 0.29) is 10.9 Å². The van der Waals surface area contributed by atoms with E-state index in [4.69, 9.17) is 4.42 Å². The average Bonchev–Trinajstić information content (AvgIpc) is 3.99. The van der Waals surface area contributed by atoms with Crippen LogP contribution in [0.15, 0.2) is 202 Å². The number of furan rings is 1. The van der Waals surface area contributed by atoms with Crippen molar-refractivity contribution in [1.29, 1.82) is 0 Å². The molecule has 0 saturated carbocycles. The molecule has 6 nitrogen and oxygen atoms in total. The van der Waals surface area contributed by atoms with Gasteiger partial charge in [0.15, 0.2) is 10.9 Å². The van der Waals surface area contributed by atoms with Gasteiger partial charge in [-0.3, -0.25) is 9.59 Å². The third-order valence-electron chi connectivity index (χ3n) is 13.1. The van der Waals surface area contributed by atoms with Crippen molar-refractivity contribution >= 4 is 104 Å². The lowest BCUT2D eigenvalue weighted by atomic mass is 9.96. The molecule has 0 atom stereocenters. The highest BCUT2D eigenvalue weighted by Gasteiger charge is 2.23. The summed E-state index contributed by atoms with van der Waals surface area (Å²) in [5, 5.41) is 8.66. The number of fused-ring (bicyclic) bond motifs is 13. The van der Waals surface area contributed by atoms with Crippen molar-refractivity contribution in [1.82, 2.24) is 13.5 Å². The zero-order valence-electron chi connectivity index (χ0n) is 33.0. The van der Waals surface area contributed by atoms with E-state index in [1.54, 1.807) is 0 Å². The maximum Gasteiger partial charge on any atom is 0.197 e. The fraction of sp³-hybridized carbons (Fsp3) is 0. The fourth-order valence-corrected chi connectivity index (χ4v) is 10.5. The Balaban J connectivity index is 1.12. The first-order valence-corrected chi connectivity index (χ1v) is 20.8. The van der Waals surface area contributed by atoms with Crippen LogP contribution in [0, 0.1) is 0 Å². The Morgan fingerprint density at radius 1 is 0.339 bits per heavy atom. The summed E-state index contributed by atoms with van der Waals surface area (Å²) in [5.41, 5.74) is 10.9. The van der Waals surface area contributed by atoms with E-state index in [1.807, 2.05) is 66.7 Å². The lowest BCUT2D eigenvalue weighted by Crippen LogP contribution is -2.15. The summed E-state index contributed by atoms with van der Waals surface area (Å²) < 4.78 is 13.1. The number of pyridine rings is 2. The van der Waals surface area contributed by atoms with Gasteiger partial charge in [-0.25, -0.2) is 0 Å². The van der Waals surface area contributed by atoms with Crippen molar-refractivity contribution in [3.63, 3.8) is 0 Å². The van der Waals surface area contributed by atoms with E-state index in [2.05, 4.69) is 135 Å². The van der Waals surface area contributed by atoms with Crippen molar-refractivity contribution in [2.24, 2.45) is 0 Å². The molecular weight excluding hydrogens is 763 g/mol. The van der Waals surface area contributed by atoms with Crippen LogP contribution in [0.3, 0.4) is 0 Å². The van der Waals surface area contributed by atoms with Crippen LogP contribution < -0.4 is 10.9 Å². The molecule has 0 amide bonds. The predicted octanol–water partition coefficient (Wildman–Crippen LogP) is 13.3. The lowest BCUT2D eigenvalue weighted by Gasteiger charge is -2.18. The Hall–Kier alpha value is -8.48. The van der Waals surface area contributed by atoms with Gasteiger partial charge in [-0.05, 0) is 84.4 Å². The number of aromatic nitrogens is 3. The van der Waals surface area contributed by atoms with Gasteiger partial charge in [-0.15, -0.1) is 0 Å². The van der Waals surface area contributed by atoms with Gasteiger partial charge in [0.25, 0.3) is 0 Å². The molecule has 0 spiro atoms. The topological polar surface area (TPSA) is 61.5 Å². The third kappa shape index (κ3) is 4.32. The predicted molar refractivity (Wildman–Crippen MR) is 255 cm³/mol. The van der Waals surface area contributed by atoms with Crippen molar-refractivity contribution in [2.45, 2.75) is 0 Å². The van der Waals surface area contributed by atoms with Crippen LogP contribution in [0.2, 0.25) is 0 Å². The number of hydrogen-bond acceptors (Lipinski definition) is 3. The van der Waals surface area contributed by atoms with Gasteiger partial charge >= 0.3 is 0 Å². The molecule has 0 bridgehead atoms. The maximum absolute atomic E-state index is 15.3. The van der Waals surface area contributed by atoms with Crippen LogP contribution in [0.4, 0.5) is 0 Å². The summed E-state index contributed by atoms with van der Waals surface area (Å²) in [5.74, 6) is 0. The van der Waals surface area contributed by atoms with Crippen molar-refractivity contribution in [3.05, 3.63) is 209 Å². The average molecular weight is 794 g/mol. The number of para-hydroxylation sites is 6. The van der Waals surface area contributed by atoms with Gasteiger partial charge in [0.2, 0.25) is 0 Å². The summed E-state index contributed by atoms with van der Waals surface area (Å²) in [6.07, 6.45) is 0. The second-order valence-electron chi connectivity index (χ2n) is 16.3. The minimum Gasteiger partial charge on any atom is -0.455 e.